The topological polar surface area (TPSA) is 62.5 Å². The maximum absolute atomic E-state index is 11.9. The zero-order valence-electron chi connectivity index (χ0n) is 9.60. The van der Waals surface area contributed by atoms with Crippen molar-refractivity contribution in [1.29, 1.82) is 0 Å². The SMILES string of the molecule is CCOC1OCCn2c1c(Br)c(=O)n(C)c2=O. The Hall–Kier alpha value is -0.920. The fraction of sp³-hybridized carbons (Fsp3) is 0.600. The molecule has 1 atom stereocenters. The molecule has 1 aromatic rings. The third-order valence-corrected chi connectivity index (χ3v) is 3.40. The number of hydrogen-bond acceptors (Lipinski definition) is 4. The zero-order valence-corrected chi connectivity index (χ0v) is 11.2. The number of hydrogen-bond donors (Lipinski definition) is 0. The van der Waals surface area contributed by atoms with E-state index in [0.29, 0.717) is 29.9 Å². The number of nitrogens with zero attached hydrogens (tertiary/aromatic N) is 2. The quantitative estimate of drug-likeness (QED) is 0.792. The molecule has 0 radical (unpaired) electrons. The van der Waals surface area contributed by atoms with Crippen LogP contribution in [0.4, 0.5) is 0 Å². The van der Waals surface area contributed by atoms with Crippen molar-refractivity contribution >= 4 is 15.9 Å². The zero-order chi connectivity index (χ0) is 12.6. The number of rotatable bonds is 2. The Balaban J connectivity index is 2.69. The predicted octanol–water partition coefficient (Wildman–Crippen LogP) is 0.375. The Kier molecular flexibility index (Phi) is 3.50. The van der Waals surface area contributed by atoms with Gasteiger partial charge >= 0.3 is 5.69 Å². The minimum Gasteiger partial charge on any atom is -0.347 e. The molecular formula is C10H13BrN2O4. The first-order valence-electron chi connectivity index (χ1n) is 5.30. The molecule has 2 heterocycles. The summed E-state index contributed by atoms with van der Waals surface area (Å²) >= 11 is 3.21. The van der Waals surface area contributed by atoms with E-state index >= 15 is 0 Å². The molecule has 94 valence electrons. The van der Waals surface area contributed by atoms with Crippen molar-refractivity contribution in [2.75, 3.05) is 13.2 Å². The lowest BCUT2D eigenvalue weighted by Crippen LogP contribution is -2.44. The molecule has 0 N–H and O–H groups in total. The first-order chi connectivity index (χ1) is 8.07. The summed E-state index contributed by atoms with van der Waals surface area (Å²) < 4.78 is 13.7. The summed E-state index contributed by atoms with van der Waals surface area (Å²) in [7, 11) is 1.45. The van der Waals surface area contributed by atoms with E-state index in [1.54, 1.807) is 0 Å². The summed E-state index contributed by atoms with van der Waals surface area (Å²) in [6.07, 6.45) is -0.662. The molecule has 0 bridgehead atoms. The van der Waals surface area contributed by atoms with Crippen LogP contribution in [0.5, 0.6) is 0 Å². The third kappa shape index (κ3) is 1.98. The van der Waals surface area contributed by atoms with Gasteiger partial charge in [0.15, 0.2) is 0 Å². The molecule has 1 aliphatic rings. The summed E-state index contributed by atoms with van der Waals surface area (Å²) in [6, 6.07) is 0. The van der Waals surface area contributed by atoms with E-state index in [9.17, 15) is 9.59 Å². The largest absolute Gasteiger partial charge is 0.347 e. The van der Waals surface area contributed by atoms with Gasteiger partial charge in [-0.15, -0.1) is 0 Å². The van der Waals surface area contributed by atoms with Crippen molar-refractivity contribution in [2.24, 2.45) is 7.05 Å². The summed E-state index contributed by atoms with van der Waals surface area (Å²) in [5.74, 6) is 0. The van der Waals surface area contributed by atoms with Crippen LogP contribution in [0.25, 0.3) is 0 Å². The van der Waals surface area contributed by atoms with Crippen LogP contribution in [0.3, 0.4) is 0 Å². The molecule has 0 aromatic carbocycles. The van der Waals surface area contributed by atoms with Gasteiger partial charge in [-0.2, -0.15) is 0 Å². The van der Waals surface area contributed by atoms with Crippen LogP contribution < -0.4 is 11.2 Å². The number of ether oxygens (including phenoxy) is 2. The van der Waals surface area contributed by atoms with E-state index in [4.69, 9.17) is 9.47 Å². The van der Waals surface area contributed by atoms with Gasteiger partial charge in [-0.25, -0.2) is 4.79 Å². The molecule has 0 aliphatic carbocycles. The van der Waals surface area contributed by atoms with E-state index < -0.39 is 6.29 Å². The highest BCUT2D eigenvalue weighted by Gasteiger charge is 2.27. The van der Waals surface area contributed by atoms with Crippen LogP contribution in [-0.4, -0.2) is 22.3 Å². The fourth-order valence-electron chi connectivity index (χ4n) is 1.80. The lowest BCUT2D eigenvalue weighted by atomic mass is 10.3. The monoisotopic (exact) mass is 304 g/mol. The van der Waals surface area contributed by atoms with Crippen LogP contribution in [-0.2, 0) is 23.1 Å². The van der Waals surface area contributed by atoms with Crippen molar-refractivity contribution in [2.45, 2.75) is 19.8 Å². The molecule has 7 heteroatoms. The highest BCUT2D eigenvalue weighted by molar-refractivity contribution is 9.10. The maximum atomic E-state index is 11.9. The van der Waals surface area contributed by atoms with Crippen molar-refractivity contribution in [3.05, 3.63) is 31.0 Å². The van der Waals surface area contributed by atoms with Gasteiger partial charge in [-0.3, -0.25) is 13.9 Å². The lowest BCUT2D eigenvalue weighted by Gasteiger charge is -2.27. The normalized spacial score (nSPS) is 19.1. The summed E-state index contributed by atoms with van der Waals surface area (Å²) in [5, 5.41) is 0. The summed E-state index contributed by atoms with van der Waals surface area (Å²) in [5.41, 5.74) is -0.260. The molecule has 2 rings (SSSR count). The van der Waals surface area contributed by atoms with Crippen molar-refractivity contribution in [3.8, 4) is 0 Å². The predicted molar refractivity (Wildman–Crippen MR) is 64.0 cm³/mol. The van der Waals surface area contributed by atoms with E-state index in [-0.39, 0.29) is 11.2 Å². The van der Waals surface area contributed by atoms with Gasteiger partial charge < -0.3 is 9.47 Å². The second kappa shape index (κ2) is 4.75. The van der Waals surface area contributed by atoms with Crippen molar-refractivity contribution < 1.29 is 9.47 Å². The van der Waals surface area contributed by atoms with Crippen LogP contribution >= 0.6 is 15.9 Å². The van der Waals surface area contributed by atoms with Gasteiger partial charge in [-0.05, 0) is 22.9 Å². The second-order valence-electron chi connectivity index (χ2n) is 3.66. The van der Waals surface area contributed by atoms with E-state index in [1.807, 2.05) is 6.92 Å². The minimum atomic E-state index is -0.662. The standard InChI is InChI=1S/C10H13BrN2O4/c1-3-16-9-7-6(11)8(14)12(2)10(15)13(7)4-5-17-9/h9H,3-5H2,1-2H3. The summed E-state index contributed by atoms with van der Waals surface area (Å²) in [4.78, 5) is 23.7. The Morgan fingerprint density at radius 2 is 2.24 bits per heavy atom. The molecule has 0 fully saturated rings. The molecule has 17 heavy (non-hydrogen) atoms. The molecule has 1 aliphatic heterocycles. The molecule has 0 saturated carbocycles. The summed E-state index contributed by atoms with van der Waals surface area (Å²) in [6.45, 7) is 3.09. The van der Waals surface area contributed by atoms with Gasteiger partial charge in [0.2, 0.25) is 6.29 Å². The van der Waals surface area contributed by atoms with Crippen LogP contribution in [0.1, 0.15) is 18.9 Å². The Labute approximate surface area is 106 Å². The van der Waals surface area contributed by atoms with Gasteiger partial charge in [0.05, 0.1) is 18.8 Å². The highest BCUT2D eigenvalue weighted by Crippen LogP contribution is 2.26. The van der Waals surface area contributed by atoms with Crippen LogP contribution in [0.15, 0.2) is 14.1 Å². The highest BCUT2D eigenvalue weighted by atomic mass is 79.9. The van der Waals surface area contributed by atoms with Gasteiger partial charge in [0.1, 0.15) is 4.47 Å². The van der Waals surface area contributed by atoms with E-state index in [2.05, 4.69) is 15.9 Å². The van der Waals surface area contributed by atoms with Crippen molar-refractivity contribution in [3.63, 3.8) is 0 Å². The van der Waals surface area contributed by atoms with E-state index in [0.717, 1.165) is 4.57 Å². The van der Waals surface area contributed by atoms with Crippen LogP contribution in [0, 0.1) is 0 Å². The van der Waals surface area contributed by atoms with Gasteiger partial charge in [0.25, 0.3) is 5.56 Å². The van der Waals surface area contributed by atoms with Crippen LogP contribution in [0.2, 0.25) is 0 Å². The first-order valence-corrected chi connectivity index (χ1v) is 6.09. The molecule has 0 saturated heterocycles. The lowest BCUT2D eigenvalue weighted by molar-refractivity contribution is -0.162. The number of halogens is 1. The third-order valence-electron chi connectivity index (χ3n) is 2.65. The van der Waals surface area contributed by atoms with Gasteiger partial charge in [-0.1, -0.05) is 0 Å². The smallest absolute Gasteiger partial charge is 0.331 e. The fourth-order valence-corrected chi connectivity index (χ4v) is 2.47. The number of aromatic nitrogens is 2. The first kappa shape index (κ1) is 12.5. The second-order valence-corrected chi connectivity index (χ2v) is 4.45. The molecular weight excluding hydrogens is 292 g/mol. The van der Waals surface area contributed by atoms with E-state index in [1.165, 1.54) is 11.6 Å². The molecule has 1 unspecified atom stereocenters. The molecule has 6 nitrogen and oxygen atoms in total. The average Bonchev–Trinajstić information content (AvgIpc) is 2.34. The number of fused-ring (bicyclic) bond motifs is 1. The Morgan fingerprint density at radius 3 is 2.88 bits per heavy atom. The van der Waals surface area contributed by atoms with Gasteiger partial charge in [0, 0.05) is 13.7 Å². The molecule has 1 aromatic heterocycles. The van der Waals surface area contributed by atoms with Crippen molar-refractivity contribution in [1.82, 2.24) is 9.13 Å². The maximum Gasteiger partial charge on any atom is 0.331 e. The molecule has 0 spiro atoms. The minimum absolute atomic E-state index is 0.317. The Bertz CT molecular complexity index is 548. The Morgan fingerprint density at radius 1 is 1.53 bits per heavy atom. The molecule has 0 amide bonds. The average molecular weight is 305 g/mol.